The summed E-state index contributed by atoms with van der Waals surface area (Å²) < 4.78 is 125. The van der Waals surface area contributed by atoms with Crippen LogP contribution in [0.25, 0.3) is 0 Å². The summed E-state index contributed by atoms with van der Waals surface area (Å²) in [5.74, 6) is 0. The van der Waals surface area contributed by atoms with Crippen molar-refractivity contribution >= 4 is 11.8 Å². The Morgan fingerprint density at radius 1 is 0.919 bits per heavy atom. The van der Waals surface area contributed by atoms with Gasteiger partial charge in [0.2, 0.25) is 0 Å². The molecule has 0 fully saturated rings. The molecular weight excluding hydrogens is 519 g/mol. The van der Waals surface area contributed by atoms with Gasteiger partial charge in [-0.25, -0.2) is 4.79 Å². The molecule has 0 saturated carbocycles. The lowest BCUT2D eigenvalue weighted by molar-refractivity contribution is -0.143. The van der Waals surface area contributed by atoms with Gasteiger partial charge in [0.15, 0.2) is 0 Å². The summed E-state index contributed by atoms with van der Waals surface area (Å²) >= 11 is 0. The fourth-order valence-corrected chi connectivity index (χ4v) is 4.13. The lowest BCUT2D eigenvalue weighted by Gasteiger charge is -2.39. The van der Waals surface area contributed by atoms with E-state index in [1.807, 2.05) is 0 Å². The van der Waals surface area contributed by atoms with Crippen LogP contribution in [-0.4, -0.2) is 18.2 Å². The molecule has 3 rings (SSSR count). The highest BCUT2D eigenvalue weighted by Crippen LogP contribution is 2.42. The van der Waals surface area contributed by atoms with Crippen molar-refractivity contribution in [2.75, 3.05) is 4.90 Å². The largest absolute Gasteiger partial charge is 0.446 e. The summed E-state index contributed by atoms with van der Waals surface area (Å²) in [5, 5.41) is 2.78. The van der Waals surface area contributed by atoms with Crippen LogP contribution in [0.2, 0.25) is 0 Å². The molecule has 0 aliphatic carbocycles. The minimum Gasteiger partial charge on any atom is -0.446 e. The molecule has 0 aromatic heterocycles. The van der Waals surface area contributed by atoms with Gasteiger partial charge in [0.1, 0.15) is 0 Å². The van der Waals surface area contributed by atoms with E-state index in [-0.39, 0.29) is 29.3 Å². The molecule has 4 nitrogen and oxygen atoms in total. The first-order valence-electron chi connectivity index (χ1n) is 11.1. The van der Waals surface area contributed by atoms with E-state index in [2.05, 4.69) is 5.32 Å². The first-order valence-corrected chi connectivity index (χ1v) is 11.1. The Kier molecular flexibility index (Phi) is 7.79. The van der Waals surface area contributed by atoms with Gasteiger partial charge in [-0.2, -0.15) is 39.5 Å². The molecule has 37 heavy (non-hydrogen) atoms. The minimum atomic E-state index is -5.04. The number of amides is 1. The number of nitrogens with zero attached hydrogens (tertiary/aromatic N) is 1. The number of fused-ring (bicyclic) bond motifs is 1. The first kappa shape index (κ1) is 28.6. The van der Waals surface area contributed by atoms with Crippen LogP contribution in [0.15, 0.2) is 36.4 Å². The van der Waals surface area contributed by atoms with Crippen LogP contribution in [-0.2, 0) is 29.8 Å². The van der Waals surface area contributed by atoms with Crippen LogP contribution in [0.3, 0.4) is 0 Å². The summed E-state index contributed by atoms with van der Waals surface area (Å²) in [7, 11) is 0. The number of carbonyl (C=O) groups is 1. The van der Waals surface area contributed by atoms with Crippen molar-refractivity contribution in [2.45, 2.75) is 70.5 Å². The molecule has 2 aromatic rings. The van der Waals surface area contributed by atoms with Gasteiger partial charge in [-0.1, -0.05) is 0 Å². The summed E-state index contributed by atoms with van der Waals surface area (Å²) in [5.41, 5.74) is -4.28. The maximum atomic E-state index is 13.4. The first-order chi connectivity index (χ1) is 16.9. The van der Waals surface area contributed by atoms with E-state index in [1.165, 1.54) is 4.90 Å². The average Bonchev–Trinajstić information content (AvgIpc) is 2.74. The van der Waals surface area contributed by atoms with E-state index in [0.29, 0.717) is 12.1 Å². The highest BCUT2D eigenvalue weighted by molar-refractivity contribution is 5.90. The molecule has 13 heteroatoms. The van der Waals surface area contributed by atoms with Crippen molar-refractivity contribution in [3.63, 3.8) is 0 Å². The van der Waals surface area contributed by atoms with Crippen molar-refractivity contribution in [3.8, 4) is 0 Å². The van der Waals surface area contributed by atoms with Crippen LogP contribution >= 0.6 is 0 Å². The third-order valence-corrected chi connectivity index (χ3v) is 5.74. The highest BCUT2D eigenvalue weighted by atomic mass is 19.4. The molecule has 0 bridgehead atoms. The van der Waals surface area contributed by atoms with Crippen molar-refractivity contribution in [3.05, 3.63) is 64.2 Å². The van der Waals surface area contributed by atoms with Gasteiger partial charge in [-0.15, -0.1) is 0 Å². The van der Waals surface area contributed by atoms with Crippen molar-refractivity contribution in [1.82, 2.24) is 5.32 Å². The molecule has 2 atom stereocenters. The summed E-state index contributed by atoms with van der Waals surface area (Å²) in [6, 6.07) is 2.25. The number of hydrogen-bond donors (Lipinski definition) is 1. The van der Waals surface area contributed by atoms with Gasteiger partial charge in [-0.05, 0) is 74.7 Å². The number of halogens is 9. The van der Waals surface area contributed by atoms with Crippen LogP contribution < -0.4 is 10.2 Å². The monoisotopic (exact) mass is 542 g/mol. The van der Waals surface area contributed by atoms with E-state index in [4.69, 9.17) is 4.74 Å². The van der Waals surface area contributed by atoms with Gasteiger partial charge >= 0.3 is 24.6 Å². The lowest BCUT2D eigenvalue weighted by atomic mass is 9.90. The Bertz CT molecular complexity index is 1110. The molecule has 2 unspecified atom stereocenters. The number of hydrogen-bond acceptors (Lipinski definition) is 3. The number of carbonyl (C=O) groups excluding carboxylic acids is 1. The molecule has 1 heterocycles. The van der Waals surface area contributed by atoms with Crippen LogP contribution in [0, 0.1) is 0 Å². The summed E-state index contributed by atoms with van der Waals surface area (Å²) in [4.78, 5) is 13.8. The SMILES string of the molecule is CC(C)OC(=O)N1c2ccc(C(F)(F)F)cc2C(NCc2cc(C(F)(F)F)cc(C(F)(F)F)c2)CC1C. The normalized spacial score (nSPS) is 18.7. The van der Waals surface area contributed by atoms with Gasteiger partial charge in [0.25, 0.3) is 0 Å². The highest BCUT2D eigenvalue weighted by Gasteiger charge is 2.39. The number of benzene rings is 2. The average molecular weight is 542 g/mol. The zero-order valence-corrected chi connectivity index (χ0v) is 19.8. The summed E-state index contributed by atoms with van der Waals surface area (Å²) in [6.45, 7) is 4.28. The second-order valence-corrected chi connectivity index (χ2v) is 9.01. The fourth-order valence-electron chi connectivity index (χ4n) is 4.13. The van der Waals surface area contributed by atoms with E-state index in [1.54, 1.807) is 20.8 Å². The Labute approximate surface area is 206 Å². The van der Waals surface area contributed by atoms with Crippen molar-refractivity contribution in [1.29, 1.82) is 0 Å². The molecule has 1 N–H and O–H groups in total. The van der Waals surface area contributed by atoms with E-state index in [0.717, 1.165) is 18.2 Å². The molecule has 0 radical (unpaired) electrons. The zero-order valence-electron chi connectivity index (χ0n) is 19.8. The molecule has 0 spiro atoms. The van der Waals surface area contributed by atoms with Crippen LogP contribution in [0.1, 0.15) is 61.1 Å². The maximum absolute atomic E-state index is 13.4. The molecule has 1 aliphatic heterocycles. The van der Waals surface area contributed by atoms with Gasteiger partial charge < -0.3 is 10.1 Å². The number of alkyl halides is 9. The standard InChI is InChI=1S/C24H23F9N2O2/c1-12(2)37-21(36)35-13(3)6-19(18-10-15(22(25,26)27)4-5-20(18)35)34-11-14-7-16(23(28,29)30)9-17(8-14)24(31,32)33/h4-5,7-10,12-13,19,34H,6,11H2,1-3H3. The minimum absolute atomic E-state index is 0.00466. The number of anilines is 1. The third-order valence-electron chi connectivity index (χ3n) is 5.74. The zero-order chi connectivity index (χ0) is 27.9. The molecule has 1 amide bonds. The molecule has 0 saturated heterocycles. The second kappa shape index (κ2) is 10.1. The van der Waals surface area contributed by atoms with Crippen LogP contribution in [0.4, 0.5) is 50.0 Å². The smallest absolute Gasteiger partial charge is 0.416 e. The Hall–Kier alpha value is -2.96. The van der Waals surface area contributed by atoms with Crippen molar-refractivity contribution < 1.29 is 49.0 Å². The Morgan fingerprint density at radius 2 is 1.46 bits per heavy atom. The van der Waals surface area contributed by atoms with E-state index >= 15 is 0 Å². The second-order valence-electron chi connectivity index (χ2n) is 9.01. The summed E-state index contributed by atoms with van der Waals surface area (Å²) in [6.07, 6.45) is -16.1. The predicted octanol–water partition coefficient (Wildman–Crippen LogP) is 7.72. The van der Waals surface area contributed by atoms with Gasteiger partial charge in [-0.3, -0.25) is 4.90 Å². The van der Waals surface area contributed by atoms with Gasteiger partial charge in [0, 0.05) is 18.6 Å². The number of nitrogens with one attached hydrogen (secondary N) is 1. The van der Waals surface area contributed by atoms with E-state index < -0.39 is 66.0 Å². The predicted molar refractivity (Wildman–Crippen MR) is 116 cm³/mol. The quantitative estimate of drug-likeness (QED) is 0.403. The molecule has 1 aliphatic rings. The molecular formula is C24H23F9N2O2. The number of rotatable bonds is 4. The van der Waals surface area contributed by atoms with E-state index in [9.17, 15) is 44.3 Å². The topological polar surface area (TPSA) is 41.6 Å². The van der Waals surface area contributed by atoms with Crippen molar-refractivity contribution in [2.24, 2.45) is 0 Å². The third kappa shape index (κ3) is 6.68. The fraction of sp³-hybridized carbons (Fsp3) is 0.458. The Balaban J connectivity index is 2.00. The molecule has 204 valence electrons. The molecule has 2 aromatic carbocycles. The van der Waals surface area contributed by atoms with Gasteiger partial charge in [0.05, 0.1) is 28.5 Å². The maximum Gasteiger partial charge on any atom is 0.416 e. The number of ether oxygens (including phenoxy) is 1. The van der Waals surface area contributed by atoms with Crippen LogP contribution in [0.5, 0.6) is 0 Å². The Morgan fingerprint density at radius 3 is 1.95 bits per heavy atom. The lowest BCUT2D eigenvalue weighted by Crippen LogP contribution is -2.46.